The fraction of sp³-hybridized carbons (Fsp3) is 0.688. The number of H-pyrrole nitrogens is 1. The van der Waals surface area contributed by atoms with E-state index >= 15 is 0 Å². The van der Waals surface area contributed by atoms with Crippen LogP contribution in [0.3, 0.4) is 0 Å². The summed E-state index contributed by atoms with van der Waals surface area (Å²) in [5, 5.41) is 2.62. The third-order valence-corrected chi connectivity index (χ3v) is 5.43. The molecule has 1 aromatic rings. The molecular weight excluding hydrogens is 331 g/mol. The highest BCUT2D eigenvalue weighted by molar-refractivity contribution is 5.93. The highest BCUT2D eigenvalue weighted by atomic mass is 19.1. The topological polar surface area (TPSA) is 96.4 Å². The number of carbonyl (C=O) groups is 2. The normalized spacial score (nSPS) is 25.7. The molecule has 2 aliphatic heterocycles. The predicted molar refractivity (Wildman–Crippen MR) is 84.8 cm³/mol. The molecule has 2 N–H and O–H groups in total. The molecule has 3 aliphatic rings. The molecule has 3 fully saturated rings. The van der Waals surface area contributed by atoms with E-state index in [-0.39, 0.29) is 23.1 Å². The summed E-state index contributed by atoms with van der Waals surface area (Å²) in [6.45, 7) is 1.93. The first-order chi connectivity index (χ1) is 11.8. The smallest absolute Gasteiger partial charge is 0.325 e. The second kappa shape index (κ2) is 5.42. The fourth-order valence-electron chi connectivity index (χ4n) is 3.66. The van der Waals surface area contributed by atoms with Gasteiger partial charge in [-0.1, -0.05) is 0 Å². The van der Waals surface area contributed by atoms with Gasteiger partial charge in [0.15, 0.2) is 5.67 Å². The van der Waals surface area contributed by atoms with Gasteiger partial charge in [-0.15, -0.1) is 0 Å². The molecule has 3 heterocycles. The lowest BCUT2D eigenvalue weighted by Crippen LogP contribution is -2.59. The van der Waals surface area contributed by atoms with Crippen LogP contribution in [-0.2, 0) is 16.6 Å². The van der Waals surface area contributed by atoms with Gasteiger partial charge in [0.1, 0.15) is 5.69 Å². The fourth-order valence-corrected chi connectivity index (χ4v) is 3.66. The summed E-state index contributed by atoms with van der Waals surface area (Å²) in [4.78, 5) is 39.7. The van der Waals surface area contributed by atoms with Crippen LogP contribution in [-0.4, -0.2) is 64.3 Å². The Morgan fingerprint density at radius 2 is 2.16 bits per heavy atom. The maximum Gasteiger partial charge on any atom is 0.325 e. The SMILES string of the molecule is Cn1c(C(=O)N2CC3(COC(CNC(=O)C4(F)CC4)C3)C2)c[nH]c1=O. The summed E-state index contributed by atoms with van der Waals surface area (Å²) >= 11 is 0. The first kappa shape index (κ1) is 16.3. The number of rotatable bonds is 4. The molecule has 0 bridgehead atoms. The van der Waals surface area contributed by atoms with Crippen molar-refractivity contribution in [3.05, 3.63) is 22.4 Å². The zero-order valence-electron chi connectivity index (χ0n) is 14.0. The maximum atomic E-state index is 13.6. The number of likely N-dealkylation sites (tertiary alicyclic amines) is 1. The number of hydrogen-bond acceptors (Lipinski definition) is 4. The molecule has 2 amide bonds. The minimum Gasteiger partial charge on any atom is -0.376 e. The van der Waals surface area contributed by atoms with Gasteiger partial charge in [-0.25, -0.2) is 9.18 Å². The number of imidazole rings is 1. The summed E-state index contributed by atoms with van der Waals surface area (Å²) in [7, 11) is 1.55. The van der Waals surface area contributed by atoms with E-state index < -0.39 is 11.6 Å². The maximum absolute atomic E-state index is 13.6. The van der Waals surface area contributed by atoms with Gasteiger partial charge in [-0.05, 0) is 19.3 Å². The van der Waals surface area contributed by atoms with E-state index in [2.05, 4.69) is 10.3 Å². The quantitative estimate of drug-likeness (QED) is 0.768. The van der Waals surface area contributed by atoms with Crippen LogP contribution < -0.4 is 11.0 Å². The van der Waals surface area contributed by atoms with Gasteiger partial charge >= 0.3 is 5.69 Å². The van der Waals surface area contributed by atoms with Crippen molar-refractivity contribution in [3.8, 4) is 0 Å². The van der Waals surface area contributed by atoms with Gasteiger partial charge in [0.05, 0.1) is 12.7 Å². The monoisotopic (exact) mass is 352 g/mol. The molecule has 25 heavy (non-hydrogen) atoms. The molecule has 2 saturated heterocycles. The summed E-state index contributed by atoms with van der Waals surface area (Å²) in [5.41, 5.74) is -1.75. The summed E-state index contributed by atoms with van der Waals surface area (Å²) in [6, 6.07) is 0. The van der Waals surface area contributed by atoms with Crippen molar-refractivity contribution in [1.82, 2.24) is 19.8 Å². The average Bonchev–Trinajstić information content (AvgIpc) is 3.03. The van der Waals surface area contributed by atoms with Crippen LogP contribution in [0.25, 0.3) is 0 Å². The molecule has 136 valence electrons. The van der Waals surface area contributed by atoms with Crippen molar-refractivity contribution in [3.63, 3.8) is 0 Å². The van der Waals surface area contributed by atoms with Gasteiger partial charge in [-0.2, -0.15) is 0 Å². The van der Waals surface area contributed by atoms with Crippen LogP contribution in [0.15, 0.2) is 11.0 Å². The zero-order chi connectivity index (χ0) is 17.8. The summed E-state index contributed by atoms with van der Waals surface area (Å²) in [5.74, 6) is -0.729. The minimum absolute atomic E-state index is 0.104. The highest BCUT2D eigenvalue weighted by Gasteiger charge is 2.53. The van der Waals surface area contributed by atoms with E-state index in [1.165, 1.54) is 10.8 Å². The average molecular weight is 352 g/mol. The number of carbonyl (C=O) groups excluding carboxylic acids is 2. The molecule has 1 aromatic heterocycles. The second-order valence-corrected chi connectivity index (χ2v) is 7.51. The van der Waals surface area contributed by atoms with E-state index in [9.17, 15) is 18.8 Å². The van der Waals surface area contributed by atoms with Crippen molar-refractivity contribution >= 4 is 11.8 Å². The predicted octanol–water partition coefficient (Wildman–Crippen LogP) is -0.437. The molecule has 0 radical (unpaired) electrons. The van der Waals surface area contributed by atoms with E-state index in [1.54, 1.807) is 11.9 Å². The number of aromatic amines is 1. The Kier molecular flexibility index (Phi) is 3.54. The van der Waals surface area contributed by atoms with Gasteiger partial charge in [-0.3, -0.25) is 14.2 Å². The van der Waals surface area contributed by atoms with Crippen molar-refractivity contribution in [2.24, 2.45) is 12.5 Å². The number of aromatic nitrogens is 2. The third-order valence-electron chi connectivity index (χ3n) is 5.43. The molecule has 0 aromatic carbocycles. The highest BCUT2D eigenvalue weighted by Crippen LogP contribution is 2.42. The van der Waals surface area contributed by atoms with Crippen LogP contribution in [0.5, 0.6) is 0 Å². The van der Waals surface area contributed by atoms with Gasteiger partial charge in [0, 0.05) is 38.3 Å². The Morgan fingerprint density at radius 1 is 1.44 bits per heavy atom. The summed E-state index contributed by atoms with van der Waals surface area (Å²) < 4.78 is 20.6. The number of nitrogens with one attached hydrogen (secondary N) is 2. The second-order valence-electron chi connectivity index (χ2n) is 7.51. The van der Waals surface area contributed by atoms with Crippen LogP contribution >= 0.6 is 0 Å². The number of nitrogens with zero attached hydrogens (tertiary/aromatic N) is 2. The molecule has 4 rings (SSSR count). The van der Waals surface area contributed by atoms with Gasteiger partial charge < -0.3 is 19.9 Å². The molecule has 1 saturated carbocycles. The van der Waals surface area contributed by atoms with Crippen molar-refractivity contribution in [1.29, 1.82) is 0 Å². The zero-order valence-corrected chi connectivity index (χ0v) is 14.0. The molecular formula is C16H21FN4O4. The van der Waals surface area contributed by atoms with E-state index in [1.807, 2.05) is 0 Å². The number of alkyl halides is 1. The van der Waals surface area contributed by atoms with Crippen LogP contribution in [0, 0.1) is 5.41 Å². The minimum atomic E-state index is -1.66. The largest absolute Gasteiger partial charge is 0.376 e. The van der Waals surface area contributed by atoms with Crippen molar-refractivity contribution in [2.45, 2.75) is 31.0 Å². The molecule has 8 nitrogen and oxygen atoms in total. The van der Waals surface area contributed by atoms with Crippen molar-refractivity contribution < 1.29 is 18.7 Å². The van der Waals surface area contributed by atoms with Gasteiger partial charge in [0.2, 0.25) is 0 Å². The molecule has 1 aliphatic carbocycles. The van der Waals surface area contributed by atoms with E-state index in [0.29, 0.717) is 44.8 Å². The number of amides is 2. The Hall–Kier alpha value is -2.16. The Morgan fingerprint density at radius 3 is 2.76 bits per heavy atom. The Bertz CT molecular complexity index is 775. The van der Waals surface area contributed by atoms with E-state index in [0.717, 1.165) is 6.42 Å². The molecule has 1 spiro atoms. The molecule has 1 atom stereocenters. The lowest BCUT2D eigenvalue weighted by Gasteiger charge is -2.47. The number of halogens is 1. The Balaban J connectivity index is 1.28. The molecule has 9 heteroatoms. The van der Waals surface area contributed by atoms with Crippen LogP contribution in [0.4, 0.5) is 4.39 Å². The Labute approximate surface area is 143 Å². The standard InChI is InChI=1S/C16H21FN4O4/c1-20-11(6-19-14(20)24)12(22)21-7-15(8-21)4-10(25-9-15)5-18-13(23)16(17)2-3-16/h6,10H,2-5,7-9H2,1H3,(H,18,23)(H,19,24). The number of ether oxygens (including phenoxy) is 1. The number of hydrogen-bond donors (Lipinski definition) is 2. The third kappa shape index (κ3) is 2.76. The van der Waals surface area contributed by atoms with Crippen LogP contribution in [0.1, 0.15) is 29.8 Å². The van der Waals surface area contributed by atoms with Gasteiger partial charge in [0.25, 0.3) is 11.8 Å². The lowest BCUT2D eigenvalue weighted by molar-refractivity contribution is -0.127. The summed E-state index contributed by atoms with van der Waals surface area (Å²) in [6.07, 6.45) is 2.59. The lowest BCUT2D eigenvalue weighted by atomic mass is 9.77. The molecule has 1 unspecified atom stereocenters. The van der Waals surface area contributed by atoms with E-state index in [4.69, 9.17) is 4.74 Å². The first-order valence-electron chi connectivity index (χ1n) is 8.44. The first-order valence-corrected chi connectivity index (χ1v) is 8.44. The van der Waals surface area contributed by atoms with Crippen molar-refractivity contribution in [2.75, 3.05) is 26.2 Å². The van der Waals surface area contributed by atoms with Crippen LogP contribution in [0.2, 0.25) is 0 Å².